The molecule has 0 spiro atoms. The van der Waals surface area contributed by atoms with Crippen LogP contribution in [0.5, 0.6) is 0 Å². The monoisotopic (exact) mass is 410 g/mol. The van der Waals surface area contributed by atoms with E-state index in [1.807, 2.05) is 0 Å². The minimum atomic E-state index is -4.33. The maximum atomic E-state index is 12.1. The lowest BCUT2D eigenvalue weighted by atomic mass is 10.1. The highest BCUT2D eigenvalue weighted by molar-refractivity contribution is 5.73. The minimum absolute atomic E-state index is 0.106. The number of nitrogens with one attached hydrogen (secondary N) is 2. The lowest BCUT2D eigenvalue weighted by Gasteiger charge is -2.11. The number of carbonyl (C=O) groups excluding carboxylic acids is 1. The summed E-state index contributed by atoms with van der Waals surface area (Å²) >= 11 is 0. The second-order valence-corrected chi connectivity index (χ2v) is 7.08. The molecule has 9 heteroatoms. The lowest BCUT2D eigenvalue weighted by Crippen LogP contribution is -2.36. The Morgan fingerprint density at radius 3 is 2.62 bits per heavy atom. The second kappa shape index (κ2) is 9.78. The standard InChI is InChI=1S/C20H25F3N4O2/c21-20(22,23)14-29-13-16-6-4-15(5-7-16)11-25-19(28)24-9-8-17-12-27-10-2-1-3-18(27)26-17/h4-7,12H,1-3,8-11,13-14H2,(H2,24,25,28). The maximum Gasteiger partial charge on any atom is 0.411 e. The Balaban J connectivity index is 1.33. The van der Waals surface area contributed by atoms with Crippen molar-refractivity contribution in [2.45, 2.75) is 51.6 Å². The Labute approximate surface area is 167 Å². The molecule has 3 rings (SSSR count). The number of urea groups is 1. The average molecular weight is 410 g/mol. The molecule has 2 amide bonds. The smallest absolute Gasteiger partial charge is 0.367 e. The van der Waals surface area contributed by atoms with Crippen LogP contribution in [-0.2, 0) is 37.3 Å². The molecule has 1 aromatic heterocycles. The molecule has 0 atom stereocenters. The van der Waals surface area contributed by atoms with E-state index < -0.39 is 12.8 Å². The first kappa shape index (κ1) is 21.2. The van der Waals surface area contributed by atoms with Gasteiger partial charge >= 0.3 is 12.2 Å². The van der Waals surface area contributed by atoms with Crippen LogP contribution in [0.3, 0.4) is 0 Å². The summed E-state index contributed by atoms with van der Waals surface area (Å²) in [6, 6.07) is 6.61. The molecule has 0 bridgehead atoms. The summed E-state index contributed by atoms with van der Waals surface area (Å²) in [5.41, 5.74) is 2.48. The molecular weight excluding hydrogens is 385 g/mol. The predicted molar refractivity (Wildman–Crippen MR) is 101 cm³/mol. The highest BCUT2D eigenvalue weighted by Crippen LogP contribution is 2.16. The van der Waals surface area contributed by atoms with Gasteiger partial charge in [-0.05, 0) is 24.0 Å². The van der Waals surface area contributed by atoms with E-state index in [9.17, 15) is 18.0 Å². The van der Waals surface area contributed by atoms with Crippen molar-refractivity contribution in [3.63, 3.8) is 0 Å². The fourth-order valence-electron chi connectivity index (χ4n) is 3.18. The molecule has 0 unspecified atom stereocenters. The first-order valence-electron chi connectivity index (χ1n) is 9.68. The van der Waals surface area contributed by atoms with E-state index in [1.165, 1.54) is 12.8 Å². The van der Waals surface area contributed by atoms with Gasteiger partial charge in [0.05, 0.1) is 12.3 Å². The summed E-state index contributed by atoms with van der Waals surface area (Å²) in [6.45, 7) is 0.471. The summed E-state index contributed by atoms with van der Waals surface area (Å²) in [7, 11) is 0. The number of alkyl halides is 3. The third kappa shape index (κ3) is 7.08. The van der Waals surface area contributed by atoms with E-state index in [4.69, 9.17) is 0 Å². The molecule has 1 aliphatic rings. The molecule has 2 heterocycles. The molecule has 0 saturated heterocycles. The number of rotatable bonds is 8. The Bertz CT molecular complexity index is 780. The third-order valence-electron chi connectivity index (χ3n) is 4.64. The highest BCUT2D eigenvalue weighted by atomic mass is 19.4. The van der Waals surface area contributed by atoms with Gasteiger partial charge in [0.25, 0.3) is 0 Å². The van der Waals surface area contributed by atoms with Crippen molar-refractivity contribution >= 4 is 6.03 Å². The maximum absolute atomic E-state index is 12.1. The molecule has 2 N–H and O–H groups in total. The van der Waals surface area contributed by atoms with Gasteiger partial charge in [0.2, 0.25) is 0 Å². The van der Waals surface area contributed by atoms with Gasteiger partial charge < -0.3 is 19.9 Å². The van der Waals surface area contributed by atoms with Gasteiger partial charge in [0.1, 0.15) is 12.4 Å². The Hall–Kier alpha value is -2.55. The fraction of sp³-hybridized carbons (Fsp3) is 0.500. The highest BCUT2D eigenvalue weighted by Gasteiger charge is 2.27. The summed E-state index contributed by atoms with van der Waals surface area (Å²) in [5.74, 6) is 1.13. The number of carbonyl (C=O) groups is 1. The van der Waals surface area contributed by atoms with Crippen molar-refractivity contribution in [1.29, 1.82) is 0 Å². The van der Waals surface area contributed by atoms with Crippen molar-refractivity contribution in [2.24, 2.45) is 0 Å². The number of nitrogens with zero attached hydrogens (tertiary/aromatic N) is 2. The van der Waals surface area contributed by atoms with E-state index in [1.54, 1.807) is 24.3 Å². The lowest BCUT2D eigenvalue weighted by molar-refractivity contribution is -0.176. The van der Waals surface area contributed by atoms with Gasteiger partial charge in [-0.2, -0.15) is 13.2 Å². The SMILES string of the molecule is O=C(NCCc1cn2c(n1)CCCC2)NCc1ccc(COCC(F)(F)F)cc1. The zero-order valence-electron chi connectivity index (χ0n) is 16.1. The van der Waals surface area contributed by atoms with Crippen molar-refractivity contribution in [1.82, 2.24) is 20.2 Å². The first-order valence-corrected chi connectivity index (χ1v) is 9.68. The van der Waals surface area contributed by atoms with Gasteiger partial charge in [-0.1, -0.05) is 24.3 Å². The van der Waals surface area contributed by atoms with Gasteiger partial charge in [-0.25, -0.2) is 9.78 Å². The van der Waals surface area contributed by atoms with Gasteiger partial charge in [0.15, 0.2) is 0 Å². The number of hydrogen-bond donors (Lipinski definition) is 2. The summed E-state index contributed by atoms with van der Waals surface area (Å²) in [4.78, 5) is 16.5. The number of ether oxygens (including phenoxy) is 1. The Kier molecular flexibility index (Phi) is 7.13. The van der Waals surface area contributed by atoms with Crippen LogP contribution in [0.15, 0.2) is 30.5 Å². The summed E-state index contributed by atoms with van der Waals surface area (Å²) < 4.78 is 43.0. The van der Waals surface area contributed by atoms with E-state index in [2.05, 4.69) is 31.1 Å². The molecule has 158 valence electrons. The molecule has 0 fully saturated rings. The van der Waals surface area contributed by atoms with Crippen LogP contribution >= 0.6 is 0 Å². The van der Waals surface area contributed by atoms with Gasteiger partial charge in [0, 0.05) is 38.7 Å². The molecule has 6 nitrogen and oxygen atoms in total. The second-order valence-electron chi connectivity index (χ2n) is 7.08. The minimum Gasteiger partial charge on any atom is -0.367 e. The number of halogens is 3. The van der Waals surface area contributed by atoms with Crippen LogP contribution in [-0.4, -0.2) is 34.9 Å². The largest absolute Gasteiger partial charge is 0.411 e. The molecule has 0 radical (unpaired) electrons. The van der Waals surface area contributed by atoms with Crippen molar-refractivity contribution in [3.8, 4) is 0 Å². The first-order chi connectivity index (χ1) is 13.9. The summed E-state index contributed by atoms with van der Waals surface area (Å²) in [5, 5.41) is 5.57. The average Bonchev–Trinajstić information content (AvgIpc) is 3.09. The molecule has 0 aliphatic carbocycles. The quantitative estimate of drug-likeness (QED) is 0.702. The topological polar surface area (TPSA) is 68.2 Å². The predicted octanol–water partition coefficient (Wildman–Crippen LogP) is 3.34. The number of amides is 2. The normalized spacial score (nSPS) is 13.8. The number of benzene rings is 1. The van der Waals surface area contributed by atoms with Crippen LogP contribution < -0.4 is 10.6 Å². The zero-order chi connectivity index (χ0) is 20.7. The number of imidazole rings is 1. The van der Waals surface area contributed by atoms with Crippen molar-refractivity contribution in [2.75, 3.05) is 13.2 Å². The van der Waals surface area contributed by atoms with Crippen LogP contribution in [0.1, 0.15) is 35.5 Å². The fourth-order valence-corrected chi connectivity index (χ4v) is 3.18. The van der Waals surface area contributed by atoms with E-state index in [0.717, 1.165) is 30.0 Å². The Morgan fingerprint density at radius 1 is 1.14 bits per heavy atom. The van der Waals surface area contributed by atoms with E-state index in [0.29, 0.717) is 25.1 Å². The van der Waals surface area contributed by atoms with Crippen molar-refractivity contribution < 1.29 is 22.7 Å². The van der Waals surface area contributed by atoms with Gasteiger partial charge in [-0.3, -0.25) is 0 Å². The van der Waals surface area contributed by atoms with E-state index in [-0.39, 0.29) is 12.6 Å². The van der Waals surface area contributed by atoms with Crippen LogP contribution in [0.4, 0.5) is 18.0 Å². The molecular formula is C20H25F3N4O2. The molecule has 0 saturated carbocycles. The number of hydrogen-bond acceptors (Lipinski definition) is 3. The zero-order valence-corrected chi connectivity index (χ0v) is 16.1. The van der Waals surface area contributed by atoms with E-state index >= 15 is 0 Å². The Morgan fingerprint density at radius 2 is 1.90 bits per heavy atom. The molecule has 1 aromatic carbocycles. The molecule has 1 aliphatic heterocycles. The van der Waals surface area contributed by atoms with Crippen LogP contribution in [0, 0.1) is 0 Å². The van der Waals surface area contributed by atoms with Gasteiger partial charge in [-0.15, -0.1) is 0 Å². The number of fused-ring (bicyclic) bond motifs is 1. The summed E-state index contributed by atoms with van der Waals surface area (Å²) in [6.07, 6.45) is 1.80. The molecule has 2 aromatic rings. The number of aromatic nitrogens is 2. The van der Waals surface area contributed by atoms with Crippen molar-refractivity contribution in [3.05, 3.63) is 53.1 Å². The molecule has 29 heavy (non-hydrogen) atoms. The third-order valence-corrected chi connectivity index (χ3v) is 4.64. The van der Waals surface area contributed by atoms with Crippen LogP contribution in [0.25, 0.3) is 0 Å². The number of aryl methyl sites for hydroxylation is 2. The van der Waals surface area contributed by atoms with Crippen LogP contribution in [0.2, 0.25) is 0 Å².